The highest BCUT2D eigenvalue weighted by atomic mass is 35.5. The zero-order valence-corrected chi connectivity index (χ0v) is 26.6. The predicted molar refractivity (Wildman–Crippen MR) is 173 cm³/mol. The third-order valence-corrected chi connectivity index (χ3v) is 8.30. The van der Waals surface area contributed by atoms with Gasteiger partial charge >= 0.3 is 0 Å². The van der Waals surface area contributed by atoms with Crippen LogP contribution < -0.4 is 25.4 Å². The quantitative estimate of drug-likeness (QED) is 0.153. The lowest BCUT2D eigenvalue weighted by molar-refractivity contribution is -0.119. The van der Waals surface area contributed by atoms with E-state index in [0.717, 1.165) is 12.0 Å². The van der Waals surface area contributed by atoms with Gasteiger partial charge in [0.15, 0.2) is 0 Å². The maximum Gasteiger partial charge on any atom is 0.221 e. The number of aromatic nitrogens is 2. The first kappa shape index (κ1) is 32.6. The summed E-state index contributed by atoms with van der Waals surface area (Å²) in [6, 6.07) is 14.2. The lowest BCUT2D eigenvalue weighted by atomic mass is 9.99. The van der Waals surface area contributed by atoms with Gasteiger partial charge in [0.2, 0.25) is 11.8 Å². The first-order valence-corrected chi connectivity index (χ1v) is 15.2. The van der Waals surface area contributed by atoms with Gasteiger partial charge in [-0.25, -0.2) is 9.37 Å². The highest BCUT2D eigenvalue weighted by Gasteiger charge is 2.22. The molecular formula is C33H34Cl2FN5O4. The molecule has 1 amide bonds. The van der Waals surface area contributed by atoms with Gasteiger partial charge in [-0.1, -0.05) is 47.5 Å². The molecule has 12 heteroatoms. The van der Waals surface area contributed by atoms with E-state index in [2.05, 4.69) is 20.9 Å². The summed E-state index contributed by atoms with van der Waals surface area (Å²) in [6.45, 7) is 2.61. The van der Waals surface area contributed by atoms with Gasteiger partial charge in [-0.3, -0.25) is 15.1 Å². The zero-order chi connectivity index (χ0) is 32.1. The third-order valence-electron chi connectivity index (χ3n) is 7.51. The van der Waals surface area contributed by atoms with Crippen LogP contribution in [0.5, 0.6) is 11.6 Å². The van der Waals surface area contributed by atoms with Crippen LogP contribution >= 0.6 is 23.2 Å². The molecule has 0 spiro atoms. The van der Waals surface area contributed by atoms with Crippen LogP contribution in [-0.4, -0.2) is 54.0 Å². The Bertz CT molecular complexity index is 1700. The molecule has 1 saturated heterocycles. The van der Waals surface area contributed by atoms with Crippen molar-refractivity contribution in [1.29, 1.82) is 0 Å². The standard InChI is InChI=1S/C33H34Cl2FN5O4/c1-18(42)15-37-17-24-25(36)13-20(14-27(24)44-2)32-31(35)22(11-12-38-32)21-5-4-6-23(30(21)34)26-8-7-19(33(40-26)45-3)16-39-28-9-10-29(43)41-28/h4-8,11-14,18,28,37,39,42H,9-10,15-17H2,1-3H3,(H,41,43)/t18-,28+/m1/s1. The van der Waals surface area contributed by atoms with Crippen LogP contribution in [0, 0.1) is 5.82 Å². The van der Waals surface area contributed by atoms with E-state index in [0.29, 0.717) is 80.4 Å². The van der Waals surface area contributed by atoms with Crippen molar-refractivity contribution in [2.24, 2.45) is 0 Å². The molecule has 0 unspecified atom stereocenters. The first-order chi connectivity index (χ1) is 21.7. The van der Waals surface area contributed by atoms with Crippen LogP contribution in [0.3, 0.4) is 0 Å². The van der Waals surface area contributed by atoms with Crippen LogP contribution in [0.2, 0.25) is 10.0 Å². The number of amides is 1. The minimum Gasteiger partial charge on any atom is -0.496 e. The Kier molecular flexibility index (Phi) is 10.5. The Hall–Kier alpha value is -3.80. The van der Waals surface area contributed by atoms with Crippen molar-refractivity contribution in [3.8, 4) is 45.3 Å². The van der Waals surface area contributed by atoms with Gasteiger partial charge in [0.1, 0.15) is 11.6 Å². The maximum atomic E-state index is 15.3. The average Bonchev–Trinajstić information content (AvgIpc) is 3.45. The molecule has 1 aliphatic rings. The van der Waals surface area contributed by atoms with Gasteiger partial charge in [-0.2, -0.15) is 0 Å². The number of aliphatic hydroxyl groups excluding tert-OH is 1. The maximum absolute atomic E-state index is 15.3. The molecule has 0 aliphatic carbocycles. The molecule has 9 nitrogen and oxygen atoms in total. The number of carbonyl (C=O) groups excluding carboxylic acids is 1. The van der Waals surface area contributed by atoms with Crippen molar-refractivity contribution in [2.75, 3.05) is 20.8 Å². The summed E-state index contributed by atoms with van der Waals surface area (Å²) in [5.74, 6) is 0.317. The van der Waals surface area contributed by atoms with Gasteiger partial charge in [-0.05, 0) is 37.6 Å². The van der Waals surface area contributed by atoms with E-state index < -0.39 is 11.9 Å². The number of benzene rings is 2. The van der Waals surface area contributed by atoms with E-state index in [-0.39, 0.29) is 18.6 Å². The number of hydrogen-bond donors (Lipinski definition) is 4. The second-order valence-corrected chi connectivity index (χ2v) is 11.5. The molecule has 45 heavy (non-hydrogen) atoms. The number of halogens is 3. The normalized spacial score (nSPS) is 15.2. The Morgan fingerprint density at radius 3 is 2.56 bits per heavy atom. The second kappa shape index (κ2) is 14.5. The summed E-state index contributed by atoms with van der Waals surface area (Å²) in [4.78, 5) is 20.7. The zero-order valence-electron chi connectivity index (χ0n) is 25.1. The fraction of sp³-hybridized carbons (Fsp3) is 0.303. The third kappa shape index (κ3) is 7.37. The summed E-state index contributed by atoms with van der Waals surface area (Å²) >= 11 is 13.9. The minimum absolute atomic E-state index is 0.0336. The molecular weight excluding hydrogens is 620 g/mol. The van der Waals surface area contributed by atoms with Gasteiger partial charge in [-0.15, -0.1) is 0 Å². The molecule has 236 valence electrons. The lowest BCUT2D eigenvalue weighted by Crippen LogP contribution is -2.38. The molecule has 2 aromatic carbocycles. The van der Waals surface area contributed by atoms with E-state index in [4.69, 9.17) is 37.7 Å². The number of methoxy groups -OCH3 is 2. The Morgan fingerprint density at radius 2 is 1.84 bits per heavy atom. The second-order valence-electron chi connectivity index (χ2n) is 10.7. The summed E-state index contributed by atoms with van der Waals surface area (Å²) in [7, 11) is 3.02. The number of rotatable bonds is 12. The molecule has 2 atom stereocenters. The highest BCUT2D eigenvalue weighted by molar-refractivity contribution is 6.39. The number of carbonyl (C=O) groups is 1. The average molecular weight is 655 g/mol. The largest absolute Gasteiger partial charge is 0.496 e. The summed E-state index contributed by atoms with van der Waals surface area (Å²) in [5, 5.41) is 19.5. The van der Waals surface area contributed by atoms with Gasteiger partial charge in [0, 0.05) is 65.6 Å². The number of aliphatic hydroxyl groups is 1. The van der Waals surface area contributed by atoms with Crippen LogP contribution in [0.4, 0.5) is 4.39 Å². The molecule has 0 radical (unpaired) electrons. The summed E-state index contributed by atoms with van der Waals surface area (Å²) < 4.78 is 26.4. The van der Waals surface area contributed by atoms with Gasteiger partial charge < -0.3 is 25.2 Å². The predicted octanol–water partition coefficient (Wildman–Crippen LogP) is 5.74. The molecule has 4 aromatic rings. The van der Waals surface area contributed by atoms with E-state index in [1.165, 1.54) is 13.2 Å². The molecule has 2 aromatic heterocycles. The van der Waals surface area contributed by atoms with Gasteiger partial charge in [0.05, 0.1) is 47.9 Å². The SMILES string of the molecule is COc1cc(-c2nccc(-c3cccc(-c4ccc(CN[C@@H]5CCC(=O)N5)c(OC)n4)c3Cl)c2Cl)cc(F)c1CNC[C@@H](C)O. The number of nitrogens with one attached hydrogen (secondary N) is 3. The van der Waals surface area contributed by atoms with E-state index >= 15 is 4.39 Å². The highest BCUT2D eigenvalue weighted by Crippen LogP contribution is 2.42. The molecule has 4 N–H and O–H groups in total. The number of hydrogen-bond acceptors (Lipinski definition) is 8. The number of nitrogens with zero attached hydrogens (tertiary/aromatic N) is 2. The van der Waals surface area contributed by atoms with Crippen molar-refractivity contribution >= 4 is 29.1 Å². The van der Waals surface area contributed by atoms with Crippen molar-refractivity contribution < 1.29 is 23.8 Å². The topological polar surface area (TPSA) is 118 Å². The van der Waals surface area contributed by atoms with Crippen LogP contribution in [-0.2, 0) is 17.9 Å². The van der Waals surface area contributed by atoms with Crippen LogP contribution in [0.25, 0.3) is 33.6 Å². The Labute approximate surface area is 271 Å². The lowest BCUT2D eigenvalue weighted by Gasteiger charge is -2.17. The Morgan fingerprint density at radius 1 is 1.07 bits per heavy atom. The molecule has 0 bridgehead atoms. The van der Waals surface area contributed by atoms with E-state index in [1.54, 1.807) is 32.4 Å². The number of pyridine rings is 2. The van der Waals surface area contributed by atoms with Crippen LogP contribution in [0.15, 0.2) is 54.7 Å². The van der Waals surface area contributed by atoms with Gasteiger partial charge in [0.25, 0.3) is 0 Å². The summed E-state index contributed by atoms with van der Waals surface area (Å²) in [6.07, 6.45) is 2.17. The molecule has 5 rings (SSSR count). The number of ether oxygens (including phenoxy) is 2. The van der Waals surface area contributed by atoms with Crippen molar-refractivity contribution in [2.45, 2.75) is 45.1 Å². The molecule has 0 saturated carbocycles. The smallest absolute Gasteiger partial charge is 0.221 e. The monoisotopic (exact) mass is 653 g/mol. The minimum atomic E-state index is -0.568. The van der Waals surface area contributed by atoms with E-state index in [9.17, 15) is 9.90 Å². The van der Waals surface area contributed by atoms with Crippen molar-refractivity contribution in [1.82, 2.24) is 25.9 Å². The van der Waals surface area contributed by atoms with E-state index in [1.807, 2.05) is 30.3 Å². The molecule has 1 fully saturated rings. The molecule has 1 aliphatic heterocycles. The van der Waals surface area contributed by atoms with Crippen LogP contribution in [0.1, 0.15) is 30.9 Å². The molecule has 3 heterocycles. The first-order valence-electron chi connectivity index (χ1n) is 14.5. The van der Waals surface area contributed by atoms with Crippen molar-refractivity contribution in [3.63, 3.8) is 0 Å². The summed E-state index contributed by atoms with van der Waals surface area (Å²) in [5.41, 5.74) is 4.52. The van der Waals surface area contributed by atoms with Crippen molar-refractivity contribution in [3.05, 3.63) is 81.7 Å². The fourth-order valence-electron chi connectivity index (χ4n) is 5.23. The fourth-order valence-corrected chi connectivity index (χ4v) is 5.88. The Balaban J connectivity index is 1.44.